The lowest BCUT2D eigenvalue weighted by molar-refractivity contribution is 0.317. The standard InChI is InChI=1S/C16H19N3O/c1-3-9-20-13-6-4-5-12(10-13)15-8-7-14(16(17)18)11(2)19-15/h4-8,10H,3,9H2,1-2H3,(H3,17,18). The van der Waals surface area contributed by atoms with Crippen LogP contribution in [0.4, 0.5) is 0 Å². The van der Waals surface area contributed by atoms with Gasteiger partial charge in [0.25, 0.3) is 0 Å². The normalized spacial score (nSPS) is 10.3. The number of aryl methyl sites for hydroxylation is 1. The van der Waals surface area contributed by atoms with Gasteiger partial charge in [-0.1, -0.05) is 19.1 Å². The van der Waals surface area contributed by atoms with E-state index in [4.69, 9.17) is 15.9 Å². The molecule has 0 amide bonds. The third kappa shape index (κ3) is 3.15. The first-order chi connectivity index (χ1) is 9.61. The Bertz CT molecular complexity index is 623. The Hall–Kier alpha value is -2.36. The van der Waals surface area contributed by atoms with Crippen LogP contribution in [0.25, 0.3) is 11.3 Å². The van der Waals surface area contributed by atoms with Crippen LogP contribution in [0.1, 0.15) is 24.6 Å². The van der Waals surface area contributed by atoms with Gasteiger partial charge in [-0.15, -0.1) is 0 Å². The van der Waals surface area contributed by atoms with Gasteiger partial charge in [0.2, 0.25) is 0 Å². The first-order valence-electron chi connectivity index (χ1n) is 6.67. The number of nitrogens with two attached hydrogens (primary N) is 1. The van der Waals surface area contributed by atoms with Gasteiger partial charge in [-0.25, -0.2) is 0 Å². The third-order valence-corrected chi connectivity index (χ3v) is 2.98. The highest BCUT2D eigenvalue weighted by Gasteiger charge is 2.06. The summed E-state index contributed by atoms with van der Waals surface area (Å²) in [5.74, 6) is 0.890. The van der Waals surface area contributed by atoms with Crippen LogP contribution < -0.4 is 10.5 Å². The van der Waals surface area contributed by atoms with E-state index in [0.29, 0.717) is 12.2 Å². The smallest absolute Gasteiger partial charge is 0.124 e. The number of hydrogen-bond donors (Lipinski definition) is 2. The molecule has 2 rings (SSSR count). The van der Waals surface area contributed by atoms with Crippen molar-refractivity contribution in [3.63, 3.8) is 0 Å². The summed E-state index contributed by atoms with van der Waals surface area (Å²) in [5.41, 5.74) is 8.79. The van der Waals surface area contributed by atoms with E-state index in [9.17, 15) is 0 Å². The van der Waals surface area contributed by atoms with Gasteiger partial charge in [0, 0.05) is 16.8 Å². The van der Waals surface area contributed by atoms with Crippen LogP contribution in [0.5, 0.6) is 5.75 Å². The maximum Gasteiger partial charge on any atom is 0.124 e. The highest BCUT2D eigenvalue weighted by molar-refractivity contribution is 5.96. The highest BCUT2D eigenvalue weighted by atomic mass is 16.5. The van der Waals surface area contributed by atoms with Crippen molar-refractivity contribution in [3.8, 4) is 17.0 Å². The Morgan fingerprint density at radius 2 is 2.10 bits per heavy atom. The summed E-state index contributed by atoms with van der Waals surface area (Å²) in [4.78, 5) is 4.51. The van der Waals surface area contributed by atoms with Crippen molar-refractivity contribution in [2.75, 3.05) is 6.61 Å². The Balaban J connectivity index is 2.31. The van der Waals surface area contributed by atoms with E-state index in [1.165, 1.54) is 0 Å². The number of hydrogen-bond acceptors (Lipinski definition) is 3. The van der Waals surface area contributed by atoms with Gasteiger partial charge < -0.3 is 10.5 Å². The summed E-state index contributed by atoms with van der Waals surface area (Å²) in [5, 5.41) is 7.48. The molecule has 0 spiro atoms. The van der Waals surface area contributed by atoms with Crippen LogP contribution >= 0.6 is 0 Å². The number of benzene rings is 1. The van der Waals surface area contributed by atoms with E-state index >= 15 is 0 Å². The zero-order valence-electron chi connectivity index (χ0n) is 11.8. The summed E-state index contributed by atoms with van der Waals surface area (Å²) < 4.78 is 5.63. The molecule has 0 aliphatic carbocycles. The molecule has 4 heteroatoms. The number of nitrogens with one attached hydrogen (secondary N) is 1. The van der Waals surface area contributed by atoms with Crippen molar-refractivity contribution in [3.05, 3.63) is 47.7 Å². The predicted molar refractivity (Wildman–Crippen MR) is 81.2 cm³/mol. The van der Waals surface area contributed by atoms with Crippen LogP contribution in [0.3, 0.4) is 0 Å². The Labute approximate surface area is 119 Å². The Morgan fingerprint density at radius 3 is 2.75 bits per heavy atom. The minimum Gasteiger partial charge on any atom is -0.494 e. The average Bonchev–Trinajstić information content (AvgIpc) is 2.45. The molecule has 0 atom stereocenters. The largest absolute Gasteiger partial charge is 0.494 e. The molecular weight excluding hydrogens is 250 g/mol. The van der Waals surface area contributed by atoms with E-state index in [1.807, 2.05) is 43.3 Å². The van der Waals surface area contributed by atoms with Gasteiger partial charge in [0.15, 0.2) is 0 Å². The Kier molecular flexibility index (Phi) is 4.35. The van der Waals surface area contributed by atoms with Crippen LogP contribution in [0.2, 0.25) is 0 Å². The van der Waals surface area contributed by atoms with Gasteiger partial charge >= 0.3 is 0 Å². The van der Waals surface area contributed by atoms with Gasteiger partial charge in [-0.05, 0) is 37.6 Å². The second-order valence-electron chi connectivity index (χ2n) is 4.62. The first-order valence-corrected chi connectivity index (χ1v) is 6.67. The monoisotopic (exact) mass is 269 g/mol. The average molecular weight is 269 g/mol. The number of rotatable bonds is 5. The van der Waals surface area contributed by atoms with Crippen LogP contribution in [-0.4, -0.2) is 17.4 Å². The first kappa shape index (κ1) is 14.1. The van der Waals surface area contributed by atoms with E-state index in [1.54, 1.807) is 0 Å². The lowest BCUT2D eigenvalue weighted by Crippen LogP contribution is -2.13. The molecule has 20 heavy (non-hydrogen) atoms. The number of ether oxygens (including phenoxy) is 1. The minimum absolute atomic E-state index is 0.0431. The molecular formula is C16H19N3O. The maximum atomic E-state index is 7.48. The van der Waals surface area contributed by atoms with Crippen molar-refractivity contribution in [2.24, 2.45) is 5.73 Å². The molecule has 0 saturated carbocycles. The minimum atomic E-state index is 0.0431. The highest BCUT2D eigenvalue weighted by Crippen LogP contribution is 2.23. The van der Waals surface area contributed by atoms with Crippen molar-refractivity contribution >= 4 is 5.84 Å². The molecule has 1 aromatic carbocycles. The van der Waals surface area contributed by atoms with Gasteiger partial charge in [-0.3, -0.25) is 10.4 Å². The van der Waals surface area contributed by atoms with Crippen molar-refractivity contribution < 1.29 is 4.74 Å². The van der Waals surface area contributed by atoms with Gasteiger partial charge in [0.1, 0.15) is 11.6 Å². The zero-order chi connectivity index (χ0) is 14.5. The lowest BCUT2D eigenvalue weighted by atomic mass is 10.1. The van der Waals surface area contributed by atoms with Crippen molar-refractivity contribution in [1.82, 2.24) is 4.98 Å². The summed E-state index contributed by atoms with van der Waals surface area (Å²) in [6.45, 7) is 4.64. The topological polar surface area (TPSA) is 72.0 Å². The summed E-state index contributed by atoms with van der Waals surface area (Å²) >= 11 is 0. The van der Waals surface area contributed by atoms with Crippen LogP contribution in [-0.2, 0) is 0 Å². The van der Waals surface area contributed by atoms with E-state index in [0.717, 1.165) is 29.1 Å². The van der Waals surface area contributed by atoms with Gasteiger partial charge in [0.05, 0.1) is 12.3 Å². The second-order valence-corrected chi connectivity index (χ2v) is 4.62. The molecule has 1 aromatic heterocycles. The molecule has 0 radical (unpaired) electrons. The third-order valence-electron chi connectivity index (χ3n) is 2.98. The van der Waals surface area contributed by atoms with Crippen LogP contribution in [0.15, 0.2) is 36.4 Å². The zero-order valence-corrected chi connectivity index (χ0v) is 11.8. The number of nitrogen functional groups attached to an aromatic ring is 1. The molecule has 104 valence electrons. The number of nitrogens with zero attached hydrogens (tertiary/aromatic N) is 1. The van der Waals surface area contributed by atoms with Crippen molar-refractivity contribution in [1.29, 1.82) is 5.41 Å². The number of pyridine rings is 1. The SMILES string of the molecule is CCCOc1cccc(-c2ccc(C(=N)N)c(C)n2)c1. The molecule has 0 fully saturated rings. The maximum absolute atomic E-state index is 7.48. The summed E-state index contributed by atoms with van der Waals surface area (Å²) in [6, 6.07) is 11.6. The molecule has 3 N–H and O–H groups in total. The summed E-state index contributed by atoms with van der Waals surface area (Å²) in [6.07, 6.45) is 0.981. The molecule has 2 aromatic rings. The molecule has 0 bridgehead atoms. The fourth-order valence-electron chi connectivity index (χ4n) is 1.97. The predicted octanol–water partition coefficient (Wildman–Crippen LogP) is 3.13. The fraction of sp³-hybridized carbons (Fsp3) is 0.250. The molecule has 4 nitrogen and oxygen atoms in total. The lowest BCUT2D eigenvalue weighted by Gasteiger charge is -2.09. The van der Waals surface area contributed by atoms with E-state index in [-0.39, 0.29) is 5.84 Å². The van der Waals surface area contributed by atoms with Crippen LogP contribution in [0, 0.1) is 12.3 Å². The Morgan fingerprint density at radius 1 is 1.30 bits per heavy atom. The summed E-state index contributed by atoms with van der Waals surface area (Å²) in [7, 11) is 0. The fourth-order valence-corrected chi connectivity index (χ4v) is 1.97. The molecule has 0 saturated heterocycles. The van der Waals surface area contributed by atoms with Gasteiger partial charge in [-0.2, -0.15) is 0 Å². The number of aromatic nitrogens is 1. The van der Waals surface area contributed by atoms with E-state index in [2.05, 4.69) is 11.9 Å². The second kappa shape index (κ2) is 6.19. The molecule has 0 unspecified atom stereocenters. The molecule has 1 heterocycles. The van der Waals surface area contributed by atoms with Crippen molar-refractivity contribution in [2.45, 2.75) is 20.3 Å². The molecule has 0 aliphatic heterocycles. The molecule has 0 aliphatic rings. The quantitative estimate of drug-likeness (QED) is 0.647. The number of amidine groups is 1. The van der Waals surface area contributed by atoms with E-state index < -0.39 is 0 Å².